The molecule has 0 aliphatic heterocycles. The quantitative estimate of drug-likeness (QED) is 0.251. The molecule has 64 valence electrons. The van der Waals surface area contributed by atoms with Crippen LogP contribution in [0.25, 0.3) is 0 Å². The van der Waals surface area contributed by atoms with E-state index >= 15 is 0 Å². The lowest BCUT2D eigenvalue weighted by Gasteiger charge is -2.16. The minimum Gasteiger partial charge on any atom is -0.368 e. The first-order valence-electron chi connectivity index (χ1n) is 3.89. The second-order valence-electron chi connectivity index (χ2n) is 3.34. The zero-order valence-corrected chi connectivity index (χ0v) is 7.12. The van der Waals surface area contributed by atoms with Crippen LogP contribution >= 0.6 is 0 Å². The highest BCUT2D eigenvalue weighted by atomic mass is 15.3. The molecule has 0 heterocycles. The van der Waals surface area contributed by atoms with Crippen molar-refractivity contribution in [2.24, 2.45) is 28.5 Å². The van der Waals surface area contributed by atoms with Gasteiger partial charge in [0.15, 0.2) is 0 Å². The Bertz CT molecular complexity index is 166. The molecule has 4 heteroatoms. The Hall–Kier alpha value is -0.930. The summed E-state index contributed by atoms with van der Waals surface area (Å²) in [5, 5.41) is 3.41. The van der Waals surface area contributed by atoms with E-state index in [1.54, 1.807) is 0 Å². The minimum atomic E-state index is 0.420. The van der Waals surface area contributed by atoms with Crippen LogP contribution < -0.4 is 11.6 Å². The summed E-state index contributed by atoms with van der Waals surface area (Å²) in [6.45, 7) is 3.22. The van der Waals surface area contributed by atoms with Crippen LogP contribution in [0.3, 0.4) is 0 Å². The van der Waals surface area contributed by atoms with E-state index in [1.807, 2.05) is 11.9 Å². The molecule has 4 N–H and O–H groups in total. The largest absolute Gasteiger partial charge is 0.368 e. The van der Waals surface area contributed by atoms with Crippen molar-refractivity contribution >= 4 is 5.96 Å². The van der Waals surface area contributed by atoms with Crippen molar-refractivity contribution in [3.8, 4) is 0 Å². The van der Waals surface area contributed by atoms with Gasteiger partial charge in [0, 0.05) is 13.6 Å². The van der Waals surface area contributed by atoms with Crippen molar-refractivity contribution in [2.75, 3.05) is 13.6 Å². The fourth-order valence-corrected chi connectivity index (χ4v) is 1.20. The molecular formula is C7H16N4. The van der Waals surface area contributed by atoms with E-state index in [-0.39, 0.29) is 0 Å². The highest BCUT2D eigenvalue weighted by Gasteiger charge is 2.33. The van der Waals surface area contributed by atoms with Gasteiger partial charge in [0.25, 0.3) is 0 Å². The summed E-state index contributed by atoms with van der Waals surface area (Å²) in [4.78, 5) is 1.90. The Morgan fingerprint density at radius 2 is 2.27 bits per heavy atom. The van der Waals surface area contributed by atoms with Gasteiger partial charge in [-0.25, -0.2) is 0 Å². The molecule has 0 radical (unpaired) electrons. The Morgan fingerprint density at radius 1 is 1.73 bits per heavy atom. The van der Waals surface area contributed by atoms with Crippen molar-refractivity contribution in [3.05, 3.63) is 0 Å². The molecule has 11 heavy (non-hydrogen) atoms. The fourth-order valence-electron chi connectivity index (χ4n) is 1.20. The highest BCUT2D eigenvalue weighted by molar-refractivity contribution is 5.77. The third-order valence-corrected chi connectivity index (χ3v) is 2.31. The molecule has 0 aromatic carbocycles. The summed E-state index contributed by atoms with van der Waals surface area (Å²) in [5.41, 5.74) is 5.49. The summed E-state index contributed by atoms with van der Waals surface area (Å²) in [6, 6.07) is 0. The average Bonchev–Trinajstić information content (AvgIpc) is 2.65. The van der Waals surface area contributed by atoms with Gasteiger partial charge in [0.05, 0.1) is 0 Å². The fraction of sp³-hybridized carbons (Fsp3) is 0.857. The molecule has 0 aromatic rings. The van der Waals surface area contributed by atoms with Crippen LogP contribution in [-0.2, 0) is 0 Å². The second-order valence-corrected chi connectivity index (χ2v) is 3.34. The lowest BCUT2D eigenvalue weighted by molar-refractivity contribution is 0.456. The highest BCUT2D eigenvalue weighted by Crippen LogP contribution is 2.37. The number of nitrogens with two attached hydrogens (primary N) is 2. The summed E-state index contributed by atoms with van der Waals surface area (Å²) < 4.78 is 0. The van der Waals surface area contributed by atoms with Gasteiger partial charge in [-0.3, -0.25) is 0 Å². The van der Waals surface area contributed by atoms with Gasteiger partial charge in [0.1, 0.15) is 0 Å². The van der Waals surface area contributed by atoms with Gasteiger partial charge in [0.2, 0.25) is 5.96 Å². The van der Waals surface area contributed by atoms with E-state index in [4.69, 9.17) is 11.6 Å². The molecule has 0 saturated heterocycles. The van der Waals surface area contributed by atoms with E-state index < -0.39 is 0 Å². The van der Waals surface area contributed by atoms with Crippen molar-refractivity contribution in [1.82, 2.24) is 4.90 Å². The van der Waals surface area contributed by atoms with Gasteiger partial charge in [-0.15, -0.1) is 5.10 Å². The molecular weight excluding hydrogens is 140 g/mol. The van der Waals surface area contributed by atoms with Crippen molar-refractivity contribution in [1.29, 1.82) is 0 Å². The molecule has 1 saturated carbocycles. The van der Waals surface area contributed by atoms with Crippen LogP contribution in [0.2, 0.25) is 0 Å². The third-order valence-electron chi connectivity index (χ3n) is 2.31. The summed E-state index contributed by atoms with van der Waals surface area (Å²) in [6.07, 6.45) is 1.31. The van der Waals surface area contributed by atoms with Crippen LogP contribution in [0.5, 0.6) is 0 Å². The number of guanidine groups is 1. The maximum atomic E-state index is 5.49. The Kier molecular flexibility index (Phi) is 2.22. The van der Waals surface area contributed by atoms with Gasteiger partial charge in [-0.2, -0.15) is 0 Å². The topological polar surface area (TPSA) is 67.6 Å². The molecule has 1 fully saturated rings. The lowest BCUT2D eigenvalue weighted by atomic mass is 10.3. The van der Waals surface area contributed by atoms with Gasteiger partial charge in [-0.1, -0.05) is 6.92 Å². The SMILES string of the molecule is CC1CC1CN(C)C(N)=NN. The van der Waals surface area contributed by atoms with Gasteiger partial charge < -0.3 is 16.5 Å². The van der Waals surface area contributed by atoms with Gasteiger partial charge >= 0.3 is 0 Å². The predicted molar refractivity (Wildman–Crippen MR) is 45.7 cm³/mol. The smallest absolute Gasteiger partial charge is 0.213 e. The van der Waals surface area contributed by atoms with E-state index in [2.05, 4.69) is 12.0 Å². The average molecular weight is 156 g/mol. The molecule has 2 atom stereocenters. The van der Waals surface area contributed by atoms with E-state index in [0.29, 0.717) is 5.96 Å². The van der Waals surface area contributed by atoms with Gasteiger partial charge in [-0.05, 0) is 18.3 Å². The predicted octanol–water partition coefficient (Wildman–Crippen LogP) is -0.237. The molecule has 1 aliphatic carbocycles. The molecule has 4 nitrogen and oxygen atoms in total. The lowest BCUT2D eigenvalue weighted by Crippen LogP contribution is -2.36. The van der Waals surface area contributed by atoms with Crippen LogP contribution in [-0.4, -0.2) is 24.5 Å². The zero-order chi connectivity index (χ0) is 8.43. The molecule has 2 unspecified atom stereocenters. The van der Waals surface area contributed by atoms with Crippen LogP contribution in [0, 0.1) is 11.8 Å². The third kappa shape index (κ3) is 2.00. The van der Waals surface area contributed by atoms with E-state index in [0.717, 1.165) is 18.4 Å². The van der Waals surface area contributed by atoms with Crippen molar-refractivity contribution < 1.29 is 0 Å². The summed E-state index contributed by atoms with van der Waals surface area (Å²) in [5.74, 6) is 7.09. The Labute approximate surface area is 67.2 Å². The summed E-state index contributed by atoms with van der Waals surface area (Å²) >= 11 is 0. The maximum absolute atomic E-state index is 5.49. The number of hydrogen-bond donors (Lipinski definition) is 2. The van der Waals surface area contributed by atoms with Crippen LogP contribution in [0.4, 0.5) is 0 Å². The summed E-state index contributed by atoms with van der Waals surface area (Å²) in [7, 11) is 1.91. The maximum Gasteiger partial charge on any atom is 0.213 e. The number of hydrazone groups is 1. The first kappa shape index (κ1) is 8.17. The molecule has 1 aliphatic rings. The van der Waals surface area contributed by atoms with Crippen molar-refractivity contribution in [3.63, 3.8) is 0 Å². The second kappa shape index (κ2) is 2.98. The normalized spacial score (nSPS) is 30.2. The van der Waals surface area contributed by atoms with Crippen LogP contribution in [0.1, 0.15) is 13.3 Å². The number of rotatable bonds is 2. The van der Waals surface area contributed by atoms with Crippen LogP contribution in [0.15, 0.2) is 5.10 Å². The number of nitrogens with zero attached hydrogens (tertiary/aromatic N) is 2. The Morgan fingerprint density at radius 3 is 2.64 bits per heavy atom. The first-order valence-corrected chi connectivity index (χ1v) is 3.89. The number of hydrogen-bond acceptors (Lipinski definition) is 2. The minimum absolute atomic E-state index is 0.420. The van der Waals surface area contributed by atoms with Crippen molar-refractivity contribution in [2.45, 2.75) is 13.3 Å². The molecule has 0 spiro atoms. The molecule has 0 bridgehead atoms. The van der Waals surface area contributed by atoms with E-state index in [9.17, 15) is 0 Å². The molecule has 1 rings (SSSR count). The molecule has 0 aromatic heterocycles. The monoisotopic (exact) mass is 156 g/mol. The molecule has 0 amide bonds. The zero-order valence-electron chi connectivity index (χ0n) is 7.12. The van der Waals surface area contributed by atoms with E-state index in [1.165, 1.54) is 6.42 Å². The Balaban J connectivity index is 2.26. The standard InChI is InChI=1S/C7H16N4/c1-5-3-6(5)4-11(2)7(8)10-9/h5-6H,3-4,9H2,1-2H3,(H2,8,10). The first-order chi connectivity index (χ1) is 5.15.